The molecule has 106 valence electrons. The molecule has 5 nitrogen and oxygen atoms in total. The molecule has 0 fully saturated rings. The van der Waals surface area contributed by atoms with Crippen LogP contribution in [-0.2, 0) is 21.2 Å². The number of amides is 1. The summed E-state index contributed by atoms with van der Waals surface area (Å²) in [6.45, 7) is 2.60. The monoisotopic (exact) mass is 284 g/mol. The summed E-state index contributed by atoms with van der Waals surface area (Å²) in [6.07, 6.45) is 3.02. The molecule has 0 aliphatic carbocycles. The maximum atomic E-state index is 11.2. The SMILES string of the molecule is CCCC(=O)NCCCc1ccc(S(N)(=O)=O)cc1. The summed E-state index contributed by atoms with van der Waals surface area (Å²) in [4.78, 5) is 11.3. The van der Waals surface area contributed by atoms with Gasteiger partial charge in [0.25, 0.3) is 0 Å². The van der Waals surface area contributed by atoms with Crippen molar-refractivity contribution in [2.45, 2.75) is 37.5 Å². The van der Waals surface area contributed by atoms with Gasteiger partial charge in [-0.1, -0.05) is 19.1 Å². The third kappa shape index (κ3) is 5.85. The Morgan fingerprint density at radius 3 is 2.42 bits per heavy atom. The largest absolute Gasteiger partial charge is 0.356 e. The lowest BCUT2D eigenvalue weighted by Crippen LogP contribution is -2.24. The van der Waals surface area contributed by atoms with Gasteiger partial charge in [-0.2, -0.15) is 0 Å². The summed E-state index contributed by atoms with van der Waals surface area (Å²) >= 11 is 0. The summed E-state index contributed by atoms with van der Waals surface area (Å²) in [6, 6.07) is 6.49. The van der Waals surface area contributed by atoms with Gasteiger partial charge in [-0.25, -0.2) is 13.6 Å². The zero-order valence-electron chi connectivity index (χ0n) is 11.1. The third-order valence-electron chi connectivity index (χ3n) is 2.69. The van der Waals surface area contributed by atoms with Crippen LogP contribution in [0.15, 0.2) is 29.2 Å². The summed E-state index contributed by atoms with van der Waals surface area (Å²) in [5.74, 6) is 0.0760. The number of aryl methyl sites for hydroxylation is 1. The van der Waals surface area contributed by atoms with Crippen molar-refractivity contribution in [3.63, 3.8) is 0 Å². The first-order valence-corrected chi connectivity index (χ1v) is 7.86. The molecule has 19 heavy (non-hydrogen) atoms. The van der Waals surface area contributed by atoms with Crippen LogP contribution in [0, 0.1) is 0 Å². The van der Waals surface area contributed by atoms with E-state index in [-0.39, 0.29) is 10.8 Å². The average molecular weight is 284 g/mol. The van der Waals surface area contributed by atoms with Gasteiger partial charge in [0.05, 0.1) is 4.90 Å². The Morgan fingerprint density at radius 2 is 1.89 bits per heavy atom. The molecule has 0 saturated heterocycles. The first kappa shape index (κ1) is 15.7. The summed E-state index contributed by atoms with van der Waals surface area (Å²) in [5, 5.41) is 7.85. The molecule has 0 spiro atoms. The first-order chi connectivity index (χ1) is 8.93. The smallest absolute Gasteiger partial charge is 0.238 e. The van der Waals surface area contributed by atoms with Gasteiger partial charge >= 0.3 is 0 Å². The number of carbonyl (C=O) groups excluding carboxylic acids is 1. The van der Waals surface area contributed by atoms with Gasteiger partial charge in [-0.05, 0) is 37.0 Å². The van der Waals surface area contributed by atoms with Gasteiger partial charge in [0.1, 0.15) is 0 Å². The number of sulfonamides is 1. The summed E-state index contributed by atoms with van der Waals surface area (Å²) in [5.41, 5.74) is 1.03. The van der Waals surface area contributed by atoms with Crippen molar-refractivity contribution < 1.29 is 13.2 Å². The van der Waals surface area contributed by atoms with E-state index in [1.807, 2.05) is 6.92 Å². The van der Waals surface area contributed by atoms with Crippen molar-refractivity contribution in [1.29, 1.82) is 0 Å². The zero-order valence-corrected chi connectivity index (χ0v) is 11.9. The van der Waals surface area contributed by atoms with Crippen LogP contribution in [0.25, 0.3) is 0 Å². The Hall–Kier alpha value is -1.40. The lowest BCUT2D eigenvalue weighted by atomic mass is 10.1. The first-order valence-electron chi connectivity index (χ1n) is 6.32. The molecule has 0 aliphatic rings. The van der Waals surface area contributed by atoms with Crippen molar-refractivity contribution in [3.8, 4) is 0 Å². The van der Waals surface area contributed by atoms with E-state index >= 15 is 0 Å². The maximum absolute atomic E-state index is 11.2. The Bertz CT molecular complexity index is 509. The second kappa shape index (κ2) is 7.25. The minimum Gasteiger partial charge on any atom is -0.356 e. The molecule has 0 heterocycles. The van der Waals surface area contributed by atoms with E-state index in [1.54, 1.807) is 12.1 Å². The number of nitrogens with one attached hydrogen (secondary N) is 1. The minimum absolute atomic E-state index is 0.0760. The number of carbonyl (C=O) groups is 1. The highest BCUT2D eigenvalue weighted by molar-refractivity contribution is 7.89. The topological polar surface area (TPSA) is 89.3 Å². The van der Waals surface area contributed by atoms with Crippen LogP contribution in [0.5, 0.6) is 0 Å². The molecule has 0 bridgehead atoms. The molecular weight excluding hydrogens is 264 g/mol. The fourth-order valence-electron chi connectivity index (χ4n) is 1.68. The molecule has 6 heteroatoms. The molecule has 0 aliphatic heterocycles. The van der Waals surface area contributed by atoms with E-state index in [9.17, 15) is 13.2 Å². The summed E-state index contributed by atoms with van der Waals surface area (Å²) < 4.78 is 22.1. The van der Waals surface area contributed by atoms with Gasteiger partial charge in [0.2, 0.25) is 15.9 Å². The van der Waals surface area contributed by atoms with Crippen molar-refractivity contribution in [3.05, 3.63) is 29.8 Å². The van der Waals surface area contributed by atoms with E-state index in [0.717, 1.165) is 24.8 Å². The van der Waals surface area contributed by atoms with Crippen LogP contribution in [-0.4, -0.2) is 20.9 Å². The van der Waals surface area contributed by atoms with E-state index in [1.165, 1.54) is 12.1 Å². The number of nitrogens with two attached hydrogens (primary N) is 1. The van der Waals surface area contributed by atoms with Crippen LogP contribution < -0.4 is 10.5 Å². The van der Waals surface area contributed by atoms with Gasteiger partial charge in [-0.3, -0.25) is 4.79 Å². The molecule has 0 unspecified atom stereocenters. The third-order valence-corrected chi connectivity index (χ3v) is 3.62. The highest BCUT2D eigenvalue weighted by Crippen LogP contribution is 2.10. The molecule has 0 atom stereocenters. The van der Waals surface area contributed by atoms with Crippen LogP contribution in [0.2, 0.25) is 0 Å². The maximum Gasteiger partial charge on any atom is 0.238 e. The Labute approximate surface area is 114 Å². The number of hydrogen-bond acceptors (Lipinski definition) is 3. The van der Waals surface area contributed by atoms with Crippen LogP contribution in [0.4, 0.5) is 0 Å². The van der Waals surface area contributed by atoms with Crippen molar-refractivity contribution in [2.24, 2.45) is 5.14 Å². The van der Waals surface area contributed by atoms with E-state index < -0.39 is 10.0 Å². The quantitative estimate of drug-likeness (QED) is 0.737. The van der Waals surface area contributed by atoms with Crippen LogP contribution >= 0.6 is 0 Å². The number of benzene rings is 1. The number of rotatable bonds is 7. The molecular formula is C13H20N2O3S. The molecule has 1 amide bonds. The Morgan fingerprint density at radius 1 is 1.26 bits per heavy atom. The van der Waals surface area contributed by atoms with Gasteiger partial charge < -0.3 is 5.32 Å². The second-order valence-electron chi connectivity index (χ2n) is 4.39. The lowest BCUT2D eigenvalue weighted by Gasteiger charge is -2.05. The Balaban J connectivity index is 2.37. The van der Waals surface area contributed by atoms with E-state index in [2.05, 4.69) is 5.32 Å². The molecule has 1 rings (SSSR count). The molecule has 1 aromatic rings. The standard InChI is InChI=1S/C13H20N2O3S/c1-2-4-13(16)15-10-3-5-11-6-8-12(9-7-11)19(14,17)18/h6-9H,2-5,10H2,1H3,(H,15,16)(H2,14,17,18). The van der Waals surface area contributed by atoms with Crippen molar-refractivity contribution >= 4 is 15.9 Å². The van der Waals surface area contributed by atoms with Crippen LogP contribution in [0.1, 0.15) is 31.7 Å². The van der Waals surface area contributed by atoms with E-state index in [0.29, 0.717) is 13.0 Å². The molecule has 0 aromatic heterocycles. The predicted molar refractivity (Wildman–Crippen MR) is 74.1 cm³/mol. The average Bonchev–Trinajstić information content (AvgIpc) is 2.34. The van der Waals surface area contributed by atoms with E-state index in [4.69, 9.17) is 5.14 Å². The minimum atomic E-state index is -3.62. The van der Waals surface area contributed by atoms with Crippen molar-refractivity contribution in [1.82, 2.24) is 5.32 Å². The fourth-order valence-corrected chi connectivity index (χ4v) is 2.20. The number of hydrogen-bond donors (Lipinski definition) is 2. The fraction of sp³-hybridized carbons (Fsp3) is 0.462. The van der Waals surface area contributed by atoms with Gasteiger partial charge in [0, 0.05) is 13.0 Å². The summed E-state index contributed by atoms with van der Waals surface area (Å²) in [7, 11) is -3.62. The molecule has 0 saturated carbocycles. The van der Waals surface area contributed by atoms with Crippen LogP contribution in [0.3, 0.4) is 0 Å². The highest BCUT2D eigenvalue weighted by atomic mass is 32.2. The normalized spacial score (nSPS) is 11.3. The molecule has 1 aromatic carbocycles. The second-order valence-corrected chi connectivity index (χ2v) is 5.95. The van der Waals surface area contributed by atoms with Gasteiger partial charge in [0.15, 0.2) is 0 Å². The molecule has 0 radical (unpaired) electrons. The van der Waals surface area contributed by atoms with Gasteiger partial charge in [-0.15, -0.1) is 0 Å². The lowest BCUT2D eigenvalue weighted by molar-refractivity contribution is -0.121. The predicted octanol–water partition coefficient (Wildman–Crippen LogP) is 1.18. The van der Waals surface area contributed by atoms with Crippen molar-refractivity contribution in [2.75, 3.05) is 6.54 Å². The Kier molecular flexibility index (Phi) is 5.98. The highest BCUT2D eigenvalue weighted by Gasteiger charge is 2.06. The number of primary sulfonamides is 1. The molecule has 3 N–H and O–H groups in total. The zero-order chi connectivity index (χ0) is 14.3.